The first-order chi connectivity index (χ1) is 16.5. The average Bonchev–Trinajstić information content (AvgIpc) is 3.29. The summed E-state index contributed by atoms with van der Waals surface area (Å²) in [6, 6.07) is 25.9. The number of pyridine rings is 1. The van der Waals surface area contributed by atoms with E-state index in [0.29, 0.717) is 12.1 Å². The van der Waals surface area contributed by atoms with Crippen LogP contribution in [0.1, 0.15) is 15.9 Å². The largest absolute Gasteiger partial charge is 0.308 e. The van der Waals surface area contributed by atoms with Gasteiger partial charge in [0, 0.05) is 24.0 Å². The molecule has 5 nitrogen and oxygen atoms in total. The van der Waals surface area contributed by atoms with E-state index in [1.807, 2.05) is 85.7 Å². The highest BCUT2D eigenvalue weighted by Gasteiger charge is 2.24. The second kappa shape index (κ2) is 10.5. The minimum Gasteiger partial charge on any atom is -0.308 e. The minimum absolute atomic E-state index is 0. The van der Waals surface area contributed by atoms with E-state index in [2.05, 4.69) is 24.0 Å². The molecule has 0 bridgehead atoms. The van der Waals surface area contributed by atoms with Gasteiger partial charge in [-0.1, -0.05) is 72.0 Å². The predicted molar refractivity (Wildman–Crippen MR) is 149 cm³/mol. The maximum Gasteiger partial charge on any atom is 0.260 e. The van der Waals surface area contributed by atoms with Crippen molar-refractivity contribution in [3.05, 3.63) is 90.0 Å². The molecule has 0 spiro atoms. The Hall–Kier alpha value is -3.32. The van der Waals surface area contributed by atoms with Crippen LogP contribution in [-0.2, 0) is 0 Å². The third-order valence-electron chi connectivity index (χ3n) is 5.87. The molecule has 178 valence electrons. The number of para-hydroxylation sites is 2. The number of anilines is 1. The number of aryl methyl sites for hydroxylation is 1. The van der Waals surface area contributed by atoms with Gasteiger partial charge in [-0.15, -0.1) is 12.4 Å². The summed E-state index contributed by atoms with van der Waals surface area (Å²) in [6.45, 7) is 3.33. The minimum atomic E-state index is -0.0608. The summed E-state index contributed by atoms with van der Waals surface area (Å²) < 4.78 is 1.09. The maximum atomic E-state index is 14.2. The monoisotopic (exact) mass is 502 g/mol. The van der Waals surface area contributed by atoms with Crippen molar-refractivity contribution in [2.24, 2.45) is 0 Å². The van der Waals surface area contributed by atoms with Crippen LogP contribution in [0.5, 0.6) is 0 Å². The summed E-state index contributed by atoms with van der Waals surface area (Å²) in [7, 11) is 4.03. The van der Waals surface area contributed by atoms with Crippen LogP contribution in [0.15, 0.2) is 78.9 Å². The van der Waals surface area contributed by atoms with Gasteiger partial charge in [-0.3, -0.25) is 9.69 Å². The molecule has 0 N–H and O–H groups in total. The maximum absolute atomic E-state index is 14.2. The molecule has 7 heteroatoms. The highest BCUT2D eigenvalue weighted by Crippen LogP contribution is 2.33. The SMILES string of the molecule is Cc1cccc2sc(N(CCN(C)C)C(=O)c3cc(-c4ccccc4)nc4ccccc34)nc12.Cl. The van der Waals surface area contributed by atoms with E-state index in [9.17, 15) is 4.79 Å². The van der Waals surface area contributed by atoms with Crippen LogP contribution in [0.25, 0.3) is 32.4 Å². The molecule has 35 heavy (non-hydrogen) atoms. The molecule has 0 saturated carbocycles. The van der Waals surface area contributed by atoms with Crippen LogP contribution in [0.3, 0.4) is 0 Å². The standard InChI is InChI=1S/C28H26N4OS.ClH/c1-19-10-9-15-25-26(19)30-28(34-25)32(17-16-31(2)3)27(33)22-18-24(20-11-5-4-6-12-20)29-23-14-8-7-13-21(22)23;/h4-15,18H,16-17H2,1-3H3;1H. The van der Waals surface area contributed by atoms with E-state index >= 15 is 0 Å². The van der Waals surface area contributed by atoms with Crippen molar-refractivity contribution >= 4 is 55.9 Å². The van der Waals surface area contributed by atoms with Crippen molar-refractivity contribution in [3.8, 4) is 11.3 Å². The van der Waals surface area contributed by atoms with Crippen LogP contribution in [-0.4, -0.2) is 48.0 Å². The lowest BCUT2D eigenvalue weighted by Gasteiger charge is -2.23. The van der Waals surface area contributed by atoms with Crippen molar-refractivity contribution in [2.75, 3.05) is 32.1 Å². The number of fused-ring (bicyclic) bond motifs is 2. The fourth-order valence-electron chi connectivity index (χ4n) is 4.03. The predicted octanol–water partition coefficient (Wildman–Crippen LogP) is 6.45. The Balaban J connectivity index is 0.00000289. The summed E-state index contributed by atoms with van der Waals surface area (Å²) in [5, 5.41) is 1.57. The lowest BCUT2D eigenvalue weighted by atomic mass is 10.0. The van der Waals surface area contributed by atoms with Gasteiger partial charge in [0.1, 0.15) is 0 Å². The topological polar surface area (TPSA) is 49.3 Å². The molecule has 0 atom stereocenters. The van der Waals surface area contributed by atoms with Crippen LogP contribution < -0.4 is 4.90 Å². The Kier molecular flexibility index (Phi) is 7.45. The van der Waals surface area contributed by atoms with Crippen molar-refractivity contribution in [1.82, 2.24) is 14.9 Å². The molecule has 0 aliphatic carbocycles. The van der Waals surface area contributed by atoms with E-state index in [-0.39, 0.29) is 18.3 Å². The van der Waals surface area contributed by atoms with E-state index < -0.39 is 0 Å². The Morgan fingerprint density at radius 1 is 0.886 bits per heavy atom. The van der Waals surface area contributed by atoms with E-state index in [0.717, 1.165) is 49.6 Å². The molecule has 0 aliphatic rings. The van der Waals surface area contributed by atoms with Gasteiger partial charge >= 0.3 is 0 Å². The second-order valence-electron chi connectivity index (χ2n) is 8.62. The van der Waals surface area contributed by atoms with Gasteiger partial charge in [0.15, 0.2) is 5.13 Å². The number of hydrogen-bond acceptors (Lipinski definition) is 5. The molecule has 0 aliphatic heterocycles. The number of carbonyl (C=O) groups excluding carboxylic acids is 1. The molecule has 1 amide bonds. The van der Waals surface area contributed by atoms with Gasteiger partial charge in [0.2, 0.25) is 0 Å². The molecular formula is C28H27ClN4OS. The van der Waals surface area contributed by atoms with Crippen molar-refractivity contribution in [1.29, 1.82) is 0 Å². The van der Waals surface area contributed by atoms with Crippen molar-refractivity contribution < 1.29 is 4.79 Å². The normalized spacial score (nSPS) is 11.1. The number of hydrogen-bond donors (Lipinski definition) is 0. The quantitative estimate of drug-likeness (QED) is 0.268. The van der Waals surface area contributed by atoms with E-state index in [4.69, 9.17) is 9.97 Å². The molecular weight excluding hydrogens is 476 g/mol. The van der Waals surface area contributed by atoms with E-state index in [1.165, 1.54) is 0 Å². The first-order valence-corrected chi connectivity index (χ1v) is 12.1. The zero-order valence-corrected chi connectivity index (χ0v) is 21.6. The molecule has 2 heterocycles. The first-order valence-electron chi connectivity index (χ1n) is 11.3. The highest BCUT2D eigenvalue weighted by molar-refractivity contribution is 7.22. The van der Waals surface area contributed by atoms with Gasteiger partial charge < -0.3 is 4.90 Å². The number of benzene rings is 3. The average molecular weight is 503 g/mol. The molecule has 5 aromatic rings. The Labute approximate surface area is 215 Å². The van der Waals surface area contributed by atoms with Gasteiger partial charge in [-0.25, -0.2) is 9.97 Å². The van der Waals surface area contributed by atoms with Gasteiger partial charge in [-0.2, -0.15) is 0 Å². The number of rotatable bonds is 6. The highest BCUT2D eigenvalue weighted by atomic mass is 35.5. The second-order valence-corrected chi connectivity index (χ2v) is 9.63. The summed E-state index contributed by atoms with van der Waals surface area (Å²) in [5.41, 5.74) is 5.28. The fourth-order valence-corrected chi connectivity index (χ4v) is 5.10. The third kappa shape index (κ3) is 5.05. The zero-order chi connectivity index (χ0) is 23.7. The molecule has 0 fully saturated rings. The number of amides is 1. The summed E-state index contributed by atoms with van der Waals surface area (Å²) in [6.07, 6.45) is 0. The fraction of sp³-hybridized carbons (Fsp3) is 0.179. The van der Waals surface area contributed by atoms with Crippen LogP contribution >= 0.6 is 23.7 Å². The van der Waals surface area contributed by atoms with Crippen molar-refractivity contribution in [2.45, 2.75) is 6.92 Å². The molecule has 2 aromatic heterocycles. The number of carbonyl (C=O) groups is 1. The first kappa shape index (κ1) is 24.8. The Morgan fingerprint density at radius 2 is 1.63 bits per heavy atom. The third-order valence-corrected chi connectivity index (χ3v) is 6.92. The summed E-state index contributed by atoms with van der Waals surface area (Å²) >= 11 is 1.56. The number of halogens is 1. The lowest BCUT2D eigenvalue weighted by molar-refractivity contribution is 0.0986. The number of likely N-dealkylation sites (N-methyl/N-ethyl adjacent to an activating group) is 1. The van der Waals surface area contributed by atoms with E-state index in [1.54, 1.807) is 11.3 Å². The van der Waals surface area contributed by atoms with Crippen LogP contribution in [0.2, 0.25) is 0 Å². The summed E-state index contributed by atoms with van der Waals surface area (Å²) in [4.78, 5) is 27.8. The van der Waals surface area contributed by atoms with Crippen LogP contribution in [0, 0.1) is 6.92 Å². The zero-order valence-electron chi connectivity index (χ0n) is 19.9. The summed E-state index contributed by atoms with van der Waals surface area (Å²) in [5.74, 6) is -0.0608. The number of thiazole rings is 1. The number of nitrogens with zero attached hydrogens (tertiary/aromatic N) is 4. The van der Waals surface area contributed by atoms with Gasteiger partial charge in [0.25, 0.3) is 5.91 Å². The smallest absolute Gasteiger partial charge is 0.260 e. The molecule has 3 aromatic carbocycles. The van der Waals surface area contributed by atoms with Gasteiger partial charge in [0.05, 0.1) is 27.0 Å². The van der Waals surface area contributed by atoms with Crippen LogP contribution in [0.4, 0.5) is 5.13 Å². The van der Waals surface area contributed by atoms with Gasteiger partial charge in [-0.05, 0) is 44.8 Å². The molecule has 0 radical (unpaired) electrons. The number of aromatic nitrogens is 2. The molecule has 0 saturated heterocycles. The Morgan fingerprint density at radius 3 is 2.37 bits per heavy atom. The Bertz CT molecular complexity index is 1480. The lowest BCUT2D eigenvalue weighted by Crippen LogP contribution is -2.37. The van der Waals surface area contributed by atoms with Crippen molar-refractivity contribution in [3.63, 3.8) is 0 Å². The molecule has 5 rings (SSSR count). The molecule has 0 unspecified atom stereocenters.